The van der Waals surface area contributed by atoms with E-state index in [4.69, 9.17) is 0 Å². The van der Waals surface area contributed by atoms with Crippen molar-refractivity contribution in [2.75, 3.05) is 25.1 Å². The second-order valence-corrected chi connectivity index (χ2v) is 10.3. The van der Waals surface area contributed by atoms with Gasteiger partial charge in [-0.15, -0.1) is 0 Å². The van der Waals surface area contributed by atoms with Gasteiger partial charge in [-0.05, 0) is 44.1 Å². The van der Waals surface area contributed by atoms with Crippen LogP contribution < -0.4 is 10.6 Å². The van der Waals surface area contributed by atoms with Crippen LogP contribution in [-0.2, 0) is 11.3 Å². The van der Waals surface area contributed by atoms with E-state index in [2.05, 4.69) is 22.7 Å². The predicted octanol–water partition coefficient (Wildman–Crippen LogP) is 2.83. The maximum Gasteiger partial charge on any atom is 0.272 e. The molecule has 178 valence electrons. The summed E-state index contributed by atoms with van der Waals surface area (Å²) in [5, 5.41) is 10.4. The molecule has 0 saturated heterocycles. The second-order valence-electron chi connectivity index (χ2n) is 9.09. The summed E-state index contributed by atoms with van der Waals surface area (Å²) in [6.07, 6.45) is 8.66. The van der Waals surface area contributed by atoms with Crippen molar-refractivity contribution in [3.63, 3.8) is 0 Å². The Morgan fingerprint density at radius 1 is 1.22 bits per heavy atom. The highest BCUT2D eigenvalue weighted by Gasteiger charge is 2.46. The Kier molecular flexibility index (Phi) is 8.62. The van der Waals surface area contributed by atoms with Crippen LogP contribution in [0.5, 0.6) is 0 Å². The van der Waals surface area contributed by atoms with Gasteiger partial charge >= 0.3 is 0 Å². The quantitative estimate of drug-likeness (QED) is 0.434. The first-order valence-electron chi connectivity index (χ1n) is 11.9. The summed E-state index contributed by atoms with van der Waals surface area (Å²) in [6, 6.07) is 1.68. The van der Waals surface area contributed by atoms with Crippen LogP contribution in [0, 0.1) is 0 Å². The van der Waals surface area contributed by atoms with Crippen molar-refractivity contribution in [1.29, 1.82) is 0 Å². The number of fused-ring (bicyclic) bond motifs is 1. The molecule has 3 rings (SSSR count). The molecule has 0 spiro atoms. The van der Waals surface area contributed by atoms with Gasteiger partial charge < -0.3 is 15.5 Å². The molecule has 2 aliphatic rings. The molecule has 8 nitrogen and oxygen atoms in total. The minimum Gasteiger partial charge on any atom is -0.351 e. The number of aromatic nitrogens is 2. The summed E-state index contributed by atoms with van der Waals surface area (Å²) >= 11 is 1.88. The van der Waals surface area contributed by atoms with E-state index in [9.17, 15) is 14.4 Å². The van der Waals surface area contributed by atoms with Crippen molar-refractivity contribution in [2.45, 2.75) is 83.3 Å². The Labute approximate surface area is 195 Å². The highest BCUT2D eigenvalue weighted by Crippen LogP contribution is 2.27. The minimum absolute atomic E-state index is 0.154. The fourth-order valence-electron chi connectivity index (χ4n) is 4.32. The van der Waals surface area contributed by atoms with E-state index in [1.54, 1.807) is 14.0 Å². The van der Waals surface area contributed by atoms with Gasteiger partial charge in [0.15, 0.2) is 5.69 Å². The van der Waals surface area contributed by atoms with Gasteiger partial charge in [-0.2, -0.15) is 16.9 Å². The third-order valence-electron chi connectivity index (χ3n) is 6.51. The van der Waals surface area contributed by atoms with Crippen molar-refractivity contribution in [3.8, 4) is 0 Å². The zero-order valence-corrected chi connectivity index (χ0v) is 20.4. The van der Waals surface area contributed by atoms with Crippen LogP contribution >= 0.6 is 11.8 Å². The summed E-state index contributed by atoms with van der Waals surface area (Å²) in [7, 11) is 1.65. The van der Waals surface area contributed by atoms with Crippen LogP contribution in [-0.4, -0.2) is 69.1 Å². The molecule has 1 atom stereocenters. The van der Waals surface area contributed by atoms with Gasteiger partial charge in [0, 0.05) is 25.7 Å². The third kappa shape index (κ3) is 5.66. The Morgan fingerprint density at radius 2 is 1.94 bits per heavy atom. The molecular weight excluding hydrogens is 426 g/mol. The van der Waals surface area contributed by atoms with Crippen LogP contribution in [0.4, 0.5) is 0 Å². The lowest BCUT2D eigenvalue weighted by molar-refractivity contribution is -0.133. The largest absolute Gasteiger partial charge is 0.351 e. The average molecular weight is 464 g/mol. The Morgan fingerprint density at radius 3 is 2.62 bits per heavy atom. The normalized spacial score (nSPS) is 21.7. The first-order chi connectivity index (χ1) is 15.4. The number of nitrogens with one attached hydrogen (secondary N) is 2. The molecule has 1 fully saturated rings. The van der Waals surface area contributed by atoms with Gasteiger partial charge in [0.05, 0.1) is 6.54 Å². The fraction of sp³-hybridized carbons (Fsp3) is 0.739. The topological polar surface area (TPSA) is 96.3 Å². The van der Waals surface area contributed by atoms with E-state index >= 15 is 0 Å². The number of nitrogens with zero attached hydrogens (tertiary/aromatic N) is 3. The van der Waals surface area contributed by atoms with Crippen molar-refractivity contribution < 1.29 is 14.4 Å². The number of carbonyl (C=O) groups excluding carboxylic acids is 3. The van der Waals surface area contributed by atoms with Gasteiger partial charge in [0.25, 0.3) is 11.8 Å². The fourth-order valence-corrected chi connectivity index (χ4v) is 5.16. The lowest BCUT2D eigenvalue weighted by Gasteiger charge is -2.41. The summed E-state index contributed by atoms with van der Waals surface area (Å²) < 4.78 is 1.51. The summed E-state index contributed by atoms with van der Waals surface area (Å²) in [5.41, 5.74) is -0.487. The molecule has 1 aliphatic heterocycles. The molecule has 9 heteroatoms. The standard InChI is InChI=1S/C23H37N5O3S/c1-4-13-32-14-9-12-24-20(29)18-15-19-21(30)27(3)23(2,16-28(19)26-18)22(31)25-17-10-7-5-6-8-11-17/h15,17H,4-14,16H2,1-3H3,(H,24,29)(H,25,31). The summed E-state index contributed by atoms with van der Waals surface area (Å²) in [4.78, 5) is 40.3. The maximum atomic E-state index is 13.2. The molecular formula is C23H37N5O3S. The van der Waals surface area contributed by atoms with Crippen molar-refractivity contribution >= 4 is 29.5 Å². The van der Waals surface area contributed by atoms with Gasteiger partial charge in [0.2, 0.25) is 5.91 Å². The number of thioether (sulfide) groups is 1. The predicted molar refractivity (Wildman–Crippen MR) is 127 cm³/mol. The van der Waals surface area contributed by atoms with Crippen molar-refractivity contribution in [1.82, 2.24) is 25.3 Å². The molecule has 0 radical (unpaired) electrons. The van der Waals surface area contributed by atoms with Crippen LogP contribution in [0.15, 0.2) is 6.07 Å². The van der Waals surface area contributed by atoms with Gasteiger partial charge in [0.1, 0.15) is 11.2 Å². The first kappa shape index (κ1) is 24.6. The monoisotopic (exact) mass is 463 g/mol. The third-order valence-corrected chi connectivity index (χ3v) is 7.79. The Balaban J connectivity index is 1.64. The van der Waals surface area contributed by atoms with Crippen LogP contribution in [0.2, 0.25) is 0 Å². The lowest BCUT2D eigenvalue weighted by atomic mass is 9.95. The SMILES string of the molecule is CCCSCCCNC(=O)c1cc2n(n1)CC(C)(C(=O)NC1CCCCCC1)N(C)C2=O. The van der Waals surface area contributed by atoms with E-state index in [0.717, 1.165) is 50.0 Å². The van der Waals surface area contributed by atoms with Gasteiger partial charge in [-0.25, -0.2) is 0 Å². The Hall–Kier alpha value is -2.03. The van der Waals surface area contributed by atoms with Crippen LogP contribution in [0.1, 0.15) is 86.2 Å². The van der Waals surface area contributed by atoms with E-state index in [0.29, 0.717) is 12.2 Å². The van der Waals surface area contributed by atoms with Gasteiger partial charge in [-0.1, -0.05) is 32.6 Å². The molecule has 1 aliphatic carbocycles. The van der Waals surface area contributed by atoms with E-state index < -0.39 is 5.54 Å². The Bertz CT molecular complexity index is 819. The molecule has 1 aromatic rings. The summed E-state index contributed by atoms with van der Waals surface area (Å²) in [5.74, 6) is 1.40. The van der Waals surface area contributed by atoms with Crippen molar-refractivity contribution in [3.05, 3.63) is 17.5 Å². The highest BCUT2D eigenvalue weighted by atomic mass is 32.2. The molecule has 1 saturated carbocycles. The zero-order valence-electron chi connectivity index (χ0n) is 19.6. The smallest absolute Gasteiger partial charge is 0.272 e. The maximum absolute atomic E-state index is 13.2. The average Bonchev–Trinajstić information content (AvgIpc) is 3.03. The van der Waals surface area contributed by atoms with Crippen molar-refractivity contribution in [2.24, 2.45) is 0 Å². The molecule has 0 bridgehead atoms. The molecule has 2 heterocycles. The molecule has 1 unspecified atom stereocenters. The molecule has 2 N–H and O–H groups in total. The number of hydrogen-bond acceptors (Lipinski definition) is 5. The zero-order chi connectivity index (χ0) is 23.1. The molecule has 3 amide bonds. The first-order valence-corrected chi connectivity index (χ1v) is 13.0. The number of amides is 3. The van der Waals surface area contributed by atoms with Gasteiger partial charge in [-0.3, -0.25) is 19.1 Å². The van der Waals surface area contributed by atoms with E-state index in [1.165, 1.54) is 28.5 Å². The number of hydrogen-bond donors (Lipinski definition) is 2. The minimum atomic E-state index is -1.05. The second kappa shape index (κ2) is 11.2. The molecule has 1 aromatic heterocycles. The highest BCUT2D eigenvalue weighted by molar-refractivity contribution is 7.99. The molecule has 0 aromatic carbocycles. The van der Waals surface area contributed by atoms with Crippen LogP contribution in [0.3, 0.4) is 0 Å². The van der Waals surface area contributed by atoms with Crippen LogP contribution in [0.25, 0.3) is 0 Å². The number of carbonyl (C=O) groups is 3. The van der Waals surface area contributed by atoms with E-state index in [-0.39, 0.29) is 36.0 Å². The number of likely N-dealkylation sites (N-methyl/N-ethyl adjacent to an activating group) is 1. The molecule has 32 heavy (non-hydrogen) atoms. The number of rotatable bonds is 9. The summed E-state index contributed by atoms with van der Waals surface area (Å²) in [6.45, 7) is 4.73. The van der Waals surface area contributed by atoms with E-state index in [1.807, 2.05) is 11.8 Å². The lowest BCUT2D eigenvalue weighted by Crippen LogP contribution is -2.63.